The van der Waals surface area contributed by atoms with Crippen molar-refractivity contribution in [3.8, 4) is 5.75 Å². The zero-order valence-corrected chi connectivity index (χ0v) is 12.5. The third-order valence-electron chi connectivity index (χ3n) is 3.32. The monoisotopic (exact) mass is 331 g/mol. The lowest BCUT2D eigenvalue weighted by Crippen LogP contribution is -2.01. The van der Waals surface area contributed by atoms with Crippen molar-refractivity contribution in [1.29, 1.82) is 0 Å². The molecule has 1 aromatic heterocycles. The van der Waals surface area contributed by atoms with E-state index in [4.69, 9.17) is 0 Å². The van der Waals surface area contributed by atoms with E-state index in [2.05, 4.69) is 31.4 Å². The molecular weight excluding hydrogens is 318 g/mol. The molecule has 0 bridgehead atoms. The summed E-state index contributed by atoms with van der Waals surface area (Å²) in [5, 5.41) is 20.9. The second-order valence-electron chi connectivity index (χ2n) is 4.75. The van der Waals surface area contributed by atoms with Crippen LogP contribution in [0.25, 0.3) is 10.9 Å². The normalized spacial score (nSPS) is 10.9. The maximum atomic E-state index is 9.43. The molecular formula is C15H14BrN3O. The SMILES string of the molecule is Cc1cc(O)ccc1CNc1cc(Br)cc2[nH]ncc12. The maximum absolute atomic E-state index is 9.43. The van der Waals surface area contributed by atoms with Crippen molar-refractivity contribution in [3.05, 3.63) is 52.1 Å². The number of rotatable bonds is 3. The number of benzene rings is 2. The number of aromatic nitrogens is 2. The van der Waals surface area contributed by atoms with Crippen LogP contribution in [0, 0.1) is 6.92 Å². The van der Waals surface area contributed by atoms with Crippen molar-refractivity contribution in [1.82, 2.24) is 10.2 Å². The lowest BCUT2D eigenvalue weighted by Gasteiger charge is -2.11. The van der Waals surface area contributed by atoms with E-state index in [0.717, 1.165) is 32.2 Å². The van der Waals surface area contributed by atoms with Gasteiger partial charge in [0, 0.05) is 22.1 Å². The molecule has 102 valence electrons. The summed E-state index contributed by atoms with van der Waals surface area (Å²) in [5.74, 6) is 0.297. The molecule has 3 aromatic rings. The van der Waals surface area contributed by atoms with Gasteiger partial charge in [0.05, 0.1) is 11.7 Å². The average molecular weight is 332 g/mol. The number of aromatic hydroxyl groups is 1. The number of halogens is 1. The fourth-order valence-corrected chi connectivity index (χ4v) is 2.69. The number of phenolic OH excluding ortho intramolecular Hbond substituents is 1. The zero-order chi connectivity index (χ0) is 14.1. The Hall–Kier alpha value is -2.01. The highest BCUT2D eigenvalue weighted by Gasteiger charge is 2.06. The number of anilines is 1. The Morgan fingerprint density at radius 2 is 2.15 bits per heavy atom. The average Bonchev–Trinajstić information content (AvgIpc) is 2.85. The van der Waals surface area contributed by atoms with Crippen LogP contribution in [0.3, 0.4) is 0 Å². The van der Waals surface area contributed by atoms with Gasteiger partial charge < -0.3 is 10.4 Å². The van der Waals surface area contributed by atoms with E-state index in [-0.39, 0.29) is 0 Å². The summed E-state index contributed by atoms with van der Waals surface area (Å²) in [6.07, 6.45) is 1.81. The molecule has 0 unspecified atom stereocenters. The van der Waals surface area contributed by atoms with Crippen molar-refractivity contribution in [2.24, 2.45) is 0 Å². The highest BCUT2D eigenvalue weighted by atomic mass is 79.9. The first-order valence-corrected chi connectivity index (χ1v) is 7.08. The second kappa shape index (κ2) is 5.17. The quantitative estimate of drug-likeness (QED) is 0.681. The zero-order valence-electron chi connectivity index (χ0n) is 10.9. The maximum Gasteiger partial charge on any atom is 0.115 e. The van der Waals surface area contributed by atoms with Gasteiger partial charge >= 0.3 is 0 Å². The number of aromatic amines is 1. The Labute approximate surface area is 125 Å². The minimum absolute atomic E-state index is 0.297. The lowest BCUT2D eigenvalue weighted by molar-refractivity contribution is 0.474. The molecule has 0 saturated carbocycles. The molecule has 3 N–H and O–H groups in total. The van der Waals surface area contributed by atoms with Gasteiger partial charge in [-0.05, 0) is 42.3 Å². The Balaban J connectivity index is 1.88. The number of nitrogens with one attached hydrogen (secondary N) is 2. The fourth-order valence-electron chi connectivity index (χ4n) is 2.23. The number of hydrogen-bond donors (Lipinski definition) is 3. The molecule has 0 amide bonds. The van der Waals surface area contributed by atoms with Crippen molar-refractivity contribution >= 4 is 32.5 Å². The van der Waals surface area contributed by atoms with Gasteiger partial charge in [-0.3, -0.25) is 5.10 Å². The second-order valence-corrected chi connectivity index (χ2v) is 5.66. The van der Waals surface area contributed by atoms with E-state index < -0.39 is 0 Å². The molecule has 0 fully saturated rings. The number of fused-ring (bicyclic) bond motifs is 1. The fraction of sp³-hybridized carbons (Fsp3) is 0.133. The highest BCUT2D eigenvalue weighted by Crippen LogP contribution is 2.27. The van der Waals surface area contributed by atoms with Crippen molar-refractivity contribution < 1.29 is 5.11 Å². The first kappa shape index (κ1) is 13.0. The van der Waals surface area contributed by atoms with Crippen LogP contribution in [0.1, 0.15) is 11.1 Å². The van der Waals surface area contributed by atoms with Gasteiger partial charge in [-0.2, -0.15) is 5.10 Å². The van der Waals surface area contributed by atoms with Gasteiger partial charge in [0.1, 0.15) is 5.75 Å². The molecule has 0 spiro atoms. The molecule has 4 nitrogen and oxygen atoms in total. The smallest absolute Gasteiger partial charge is 0.115 e. The lowest BCUT2D eigenvalue weighted by atomic mass is 10.1. The van der Waals surface area contributed by atoms with E-state index >= 15 is 0 Å². The summed E-state index contributed by atoms with van der Waals surface area (Å²) in [6, 6.07) is 9.44. The van der Waals surface area contributed by atoms with E-state index in [9.17, 15) is 5.11 Å². The number of aryl methyl sites for hydroxylation is 1. The first-order valence-electron chi connectivity index (χ1n) is 6.28. The van der Waals surface area contributed by atoms with Crippen molar-refractivity contribution in [3.63, 3.8) is 0 Å². The number of phenols is 1. The van der Waals surface area contributed by atoms with Crippen molar-refractivity contribution in [2.45, 2.75) is 13.5 Å². The third-order valence-corrected chi connectivity index (χ3v) is 3.78. The van der Waals surface area contributed by atoms with Crippen LogP contribution in [0.4, 0.5) is 5.69 Å². The molecule has 0 aliphatic carbocycles. The summed E-state index contributed by atoms with van der Waals surface area (Å²) >= 11 is 3.50. The number of hydrogen-bond acceptors (Lipinski definition) is 3. The molecule has 0 radical (unpaired) electrons. The minimum Gasteiger partial charge on any atom is -0.508 e. The molecule has 0 aliphatic heterocycles. The van der Waals surface area contributed by atoms with Gasteiger partial charge in [0.15, 0.2) is 0 Å². The molecule has 5 heteroatoms. The van der Waals surface area contributed by atoms with E-state index in [1.807, 2.05) is 31.3 Å². The Bertz CT molecular complexity index is 767. The molecule has 0 atom stereocenters. The molecule has 3 rings (SSSR count). The third kappa shape index (κ3) is 2.49. The van der Waals surface area contributed by atoms with Crippen LogP contribution in [-0.2, 0) is 6.54 Å². The molecule has 0 saturated heterocycles. The molecule has 2 aromatic carbocycles. The van der Waals surface area contributed by atoms with Crippen LogP contribution in [-0.4, -0.2) is 15.3 Å². The summed E-state index contributed by atoms with van der Waals surface area (Å²) in [6.45, 7) is 2.69. The van der Waals surface area contributed by atoms with Crippen LogP contribution >= 0.6 is 15.9 Å². The summed E-state index contributed by atoms with van der Waals surface area (Å²) < 4.78 is 0.999. The van der Waals surface area contributed by atoms with E-state index in [1.165, 1.54) is 0 Å². The summed E-state index contributed by atoms with van der Waals surface area (Å²) in [4.78, 5) is 0. The highest BCUT2D eigenvalue weighted by molar-refractivity contribution is 9.10. The largest absolute Gasteiger partial charge is 0.508 e. The topological polar surface area (TPSA) is 60.9 Å². The van der Waals surface area contributed by atoms with Crippen LogP contribution in [0.5, 0.6) is 5.75 Å². The van der Waals surface area contributed by atoms with Crippen LogP contribution in [0.2, 0.25) is 0 Å². The van der Waals surface area contributed by atoms with Gasteiger partial charge in [0.2, 0.25) is 0 Å². The Morgan fingerprint density at radius 3 is 2.95 bits per heavy atom. The molecule has 0 aliphatic rings. The molecule has 1 heterocycles. The number of H-pyrrole nitrogens is 1. The van der Waals surface area contributed by atoms with Crippen LogP contribution < -0.4 is 5.32 Å². The molecule has 20 heavy (non-hydrogen) atoms. The predicted molar refractivity (Wildman–Crippen MR) is 84.0 cm³/mol. The Kier molecular flexibility index (Phi) is 3.36. The summed E-state index contributed by atoms with van der Waals surface area (Å²) in [5.41, 5.74) is 4.23. The van der Waals surface area contributed by atoms with Gasteiger partial charge in [-0.25, -0.2) is 0 Å². The predicted octanol–water partition coefficient (Wildman–Crippen LogP) is 3.95. The van der Waals surface area contributed by atoms with Gasteiger partial charge in [0.25, 0.3) is 0 Å². The minimum atomic E-state index is 0.297. The summed E-state index contributed by atoms with van der Waals surface area (Å²) in [7, 11) is 0. The Morgan fingerprint density at radius 1 is 1.30 bits per heavy atom. The van der Waals surface area contributed by atoms with E-state index in [0.29, 0.717) is 12.3 Å². The van der Waals surface area contributed by atoms with Gasteiger partial charge in [-0.15, -0.1) is 0 Å². The first-order chi connectivity index (χ1) is 9.63. The van der Waals surface area contributed by atoms with Gasteiger partial charge in [-0.1, -0.05) is 22.0 Å². The standard InChI is InChI=1S/C15H14BrN3O/c1-9-4-12(20)3-2-10(9)7-17-14-5-11(16)6-15-13(14)8-18-19-15/h2-6,8,17,20H,7H2,1H3,(H,18,19). The van der Waals surface area contributed by atoms with E-state index in [1.54, 1.807) is 12.1 Å². The van der Waals surface area contributed by atoms with Crippen LogP contribution in [0.15, 0.2) is 41.0 Å². The van der Waals surface area contributed by atoms with Crippen molar-refractivity contribution in [2.75, 3.05) is 5.32 Å². The number of nitrogens with zero attached hydrogens (tertiary/aromatic N) is 1.